The van der Waals surface area contributed by atoms with E-state index in [0.29, 0.717) is 6.54 Å². The molecule has 0 unspecified atom stereocenters. The van der Waals surface area contributed by atoms with Crippen LogP contribution in [0.1, 0.15) is 25.0 Å². The van der Waals surface area contributed by atoms with Crippen molar-refractivity contribution in [3.05, 3.63) is 61.4 Å². The minimum absolute atomic E-state index is 0.184. The maximum atomic E-state index is 10.7. The number of rotatable bonds is 5. The second kappa shape index (κ2) is 6.03. The second-order valence-corrected chi connectivity index (χ2v) is 6.84. The summed E-state index contributed by atoms with van der Waals surface area (Å²) in [5, 5.41) is 16.1. The molecule has 20 heavy (non-hydrogen) atoms. The molecule has 0 saturated heterocycles. The van der Waals surface area contributed by atoms with Crippen molar-refractivity contribution in [1.29, 1.82) is 0 Å². The van der Waals surface area contributed by atoms with E-state index >= 15 is 0 Å². The standard InChI is InChI=1S/C14H15BrN2O2S/c1-14(2,11-3-5-12(15)6-4-11)16-8-10-7-13(17(18)19)20-9-10/h3-7,9,16H,8H2,1-2H3. The molecule has 0 amide bonds. The smallest absolute Gasteiger partial charge is 0.304 e. The molecule has 106 valence electrons. The second-order valence-electron chi connectivity index (χ2n) is 5.04. The number of thiophene rings is 1. The summed E-state index contributed by atoms with van der Waals surface area (Å²) in [6, 6.07) is 9.76. The summed E-state index contributed by atoms with van der Waals surface area (Å²) in [5.74, 6) is 0. The molecule has 0 fully saturated rings. The molecule has 0 saturated carbocycles. The van der Waals surface area contributed by atoms with Gasteiger partial charge < -0.3 is 5.32 Å². The van der Waals surface area contributed by atoms with E-state index in [-0.39, 0.29) is 15.5 Å². The summed E-state index contributed by atoms with van der Waals surface area (Å²) >= 11 is 4.58. The molecule has 0 aliphatic carbocycles. The molecule has 0 aliphatic rings. The van der Waals surface area contributed by atoms with E-state index in [1.807, 2.05) is 17.5 Å². The summed E-state index contributed by atoms with van der Waals surface area (Å²) < 4.78 is 1.05. The zero-order valence-corrected chi connectivity index (χ0v) is 13.6. The van der Waals surface area contributed by atoms with Gasteiger partial charge in [-0.15, -0.1) is 0 Å². The largest absolute Gasteiger partial charge is 0.324 e. The van der Waals surface area contributed by atoms with Crippen LogP contribution in [0.2, 0.25) is 0 Å². The highest BCUT2D eigenvalue weighted by molar-refractivity contribution is 9.10. The third-order valence-electron chi connectivity index (χ3n) is 3.12. The van der Waals surface area contributed by atoms with Crippen LogP contribution in [0.3, 0.4) is 0 Å². The van der Waals surface area contributed by atoms with Crippen LogP contribution in [0.15, 0.2) is 40.2 Å². The van der Waals surface area contributed by atoms with Crippen molar-refractivity contribution in [3.63, 3.8) is 0 Å². The molecular weight excluding hydrogens is 340 g/mol. The van der Waals surface area contributed by atoms with E-state index in [1.165, 1.54) is 5.56 Å². The van der Waals surface area contributed by atoms with Crippen LogP contribution < -0.4 is 5.32 Å². The molecule has 2 aromatic rings. The molecule has 4 nitrogen and oxygen atoms in total. The fraction of sp³-hybridized carbons (Fsp3) is 0.286. The lowest BCUT2D eigenvalue weighted by Gasteiger charge is -2.27. The Hall–Kier alpha value is -1.24. The van der Waals surface area contributed by atoms with E-state index in [0.717, 1.165) is 21.4 Å². The lowest BCUT2D eigenvalue weighted by atomic mass is 9.94. The number of halogens is 1. The molecule has 0 radical (unpaired) electrons. The van der Waals surface area contributed by atoms with Gasteiger partial charge in [0, 0.05) is 28.0 Å². The summed E-state index contributed by atoms with van der Waals surface area (Å²) in [6.07, 6.45) is 0. The Kier molecular flexibility index (Phi) is 4.57. The van der Waals surface area contributed by atoms with Gasteiger partial charge >= 0.3 is 5.00 Å². The first kappa shape index (κ1) is 15.2. The highest BCUT2D eigenvalue weighted by atomic mass is 79.9. The quantitative estimate of drug-likeness (QED) is 0.637. The Morgan fingerprint density at radius 2 is 2.00 bits per heavy atom. The Bertz CT molecular complexity index is 608. The van der Waals surface area contributed by atoms with E-state index in [4.69, 9.17) is 0 Å². The van der Waals surface area contributed by atoms with Crippen LogP contribution in [0.4, 0.5) is 5.00 Å². The fourth-order valence-corrected chi connectivity index (χ4v) is 2.84. The van der Waals surface area contributed by atoms with Crippen molar-refractivity contribution >= 4 is 32.3 Å². The normalized spacial score (nSPS) is 11.6. The van der Waals surface area contributed by atoms with Crippen LogP contribution in [0, 0.1) is 10.1 Å². The van der Waals surface area contributed by atoms with Gasteiger partial charge in [-0.05, 0) is 37.1 Å². The molecular formula is C14H15BrN2O2S. The predicted molar refractivity (Wildman–Crippen MR) is 85.0 cm³/mol. The van der Waals surface area contributed by atoms with Gasteiger partial charge in [0.15, 0.2) is 0 Å². The maximum absolute atomic E-state index is 10.7. The van der Waals surface area contributed by atoms with Crippen molar-refractivity contribution in [2.75, 3.05) is 0 Å². The highest BCUT2D eigenvalue weighted by Crippen LogP contribution is 2.25. The van der Waals surface area contributed by atoms with Crippen molar-refractivity contribution < 1.29 is 4.92 Å². The van der Waals surface area contributed by atoms with E-state index in [2.05, 4.69) is 47.2 Å². The van der Waals surface area contributed by atoms with E-state index in [1.54, 1.807) is 6.07 Å². The van der Waals surface area contributed by atoms with Crippen molar-refractivity contribution in [2.24, 2.45) is 0 Å². The van der Waals surface area contributed by atoms with Gasteiger partial charge in [0.05, 0.1) is 4.92 Å². The van der Waals surface area contributed by atoms with E-state index in [9.17, 15) is 10.1 Å². The average Bonchev–Trinajstić information content (AvgIpc) is 2.86. The highest BCUT2D eigenvalue weighted by Gasteiger charge is 2.20. The number of nitrogens with one attached hydrogen (secondary N) is 1. The molecule has 0 atom stereocenters. The van der Waals surface area contributed by atoms with Crippen molar-refractivity contribution in [2.45, 2.75) is 25.9 Å². The Balaban J connectivity index is 2.04. The van der Waals surface area contributed by atoms with Crippen LogP contribution >= 0.6 is 27.3 Å². The zero-order chi connectivity index (χ0) is 14.8. The SMILES string of the molecule is CC(C)(NCc1csc([N+](=O)[O-])c1)c1ccc(Br)cc1. The Labute approximate surface area is 130 Å². The lowest BCUT2D eigenvalue weighted by Crippen LogP contribution is -2.35. The fourth-order valence-electron chi connectivity index (χ4n) is 1.84. The monoisotopic (exact) mass is 354 g/mol. The molecule has 0 spiro atoms. The third kappa shape index (κ3) is 3.65. The van der Waals surface area contributed by atoms with E-state index < -0.39 is 0 Å². The zero-order valence-electron chi connectivity index (χ0n) is 11.2. The maximum Gasteiger partial charge on any atom is 0.324 e. The summed E-state index contributed by atoms with van der Waals surface area (Å²) in [4.78, 5) is 10.3. The topological polar surface area (TPSA) is 55.2 Å². The number of nitro groups is 1. The van der Waals surface area contributed by atoms with Gasteiger partial charge in [0.2, 0.25) is 0 Å². The number of benzene rings is 1. The number of nitrogens with zero attached hydrogens (tertiary/aromatic N) is 1. The van der Waals surface area contributed by atoms with Gasteiger partial charge in [0.1, 0.15) is 0 Å². The van der Waals surface area contributed by atoms with Gasteiger partial charge in [-0.2, -0.15) is 0 Å². The molecule has 1 aromatic heterocycles. The van der Waals surface area contributed by atoms with Gasteiger partial charge in [-0.3, -0.25) is 10.1 Å². The minimum atomic E-state index is -0.353. The van der Waals surface area contributed by atoms with Gasteiger partial charge in [0.25, 0.3) is 0 Å². The number of hydrogen-bond acceptors (Lipinski definition) is 4. The summed E-state index contributed by atoms with van der Waals surface area (Å²) in [7, 11) is 0. The first-order valence-electron chi connectivity index (χ1n) is 6.11. The Morgan fingerprint density at radius 3 is 2.55 bits per heavy atom. The summed E-state index contributed by atoms with van der Waals surface area (Å²) in [5.41, 5.74) is 1.91. The molecule has 2 rings (SSSR count). The first-order valence-corrected chi connectivity index (χ1v) is 7.78. The predicted octanol–water partition coefficient (Wildman–Crippen LogP) is 4.44. The average molecular weight is 355 g/mol. The Morgan fingerprint density at radius 1 is 1.35 bits per heavy atom. The third-order valence-corrected chi connectivity index (χ3v) is 4.58. The van der Waals surface area contributed by atoms with Gasteiger partial charge in [-0.25, -0.2) is 0 Å². The van der Waals surface area contributed by atoms with Crippen LogP contribution in [-0.4, -0.2) is 4.92 Å². The molecule has 6 heteroatoms. The molecule has 1 N–H and O–H groups in total. The number of hydrogen-bond donors (Lipinski definition) is 1. The first-order chi connectivity index (χ1) is 9.38. The van der Waals surface area contributed by atoms with Crippen LogP contribution in [0.5, 0.6) is 0 Å². The van der Waals surface area contributed by atoms with Crippen molar-refractivity contribution in [3.8, 4) is 0 Å². The lowest BCUT2D eigenvalue weighted by molar-refractivity contribution is -0.380. The van der Waals surface area contributed by atoms with Crippen LogP contribution in [-0.2, 0) is 12.1 Å². The molecule has 0 bridgehead atoms. The minimum Gasteiger partial charge on any atom is -0.304 e. The molecule has 0 aliphatic heterocycles. The molecule has 1 aromatic carbocycles. The van der Waals surface area contributed by atoms with Gasteiger partial charge in [-0.1, -0.05) is 39.4 Å². The summed E-state index contributed by atoms with van der Waals surface area (Å²) in [6.45, 7) is 4.79. The van der Waals surface area contributed by atoms with Crippen LogP contribution in [0.25, 0.3) is 0 Å². The molecule has 1 heterocycles. The van der Waals surface area contributed by atoms with Crippen molar-refractivity contribution in [1.82, 2.24) is 5.32 Å².